The Hall–Kier alpha value is -1.59. The SMILES string of the molecule is NCC(=O)c1cnc(CC2(c3cccs3)CC2)nc1. The Balaban J connectivity index is 1.76. The van der Waals surface area contributed by atoms with Crippen LogP contribution in [0.3, 0.4) is 0 Å². The van der Waals surface area contributed by atoms with E-state index < -0.39 is 0 Å². The maximum atomic E-state index is 11.4. The fraction of sp³-hybridized carbons (Fsp3) is 0.357. The van der Waals surface area contributed by atoms with Crippen LogP contribution in [0, 0.1) is 0 Å². The maximum Gasteiger partial charge on any atom is 0.179 e. The number of nitrogens with two attached hydrogens (primary N) is 1. The zero-order chi connectivity index (χ0) is 13.3. The van der Waals surface area contributed by atoms with Crippen molar-refractivity contribution < 1.29 is 4.79 Å². The van der Waals surface area contributed by atoms with Gasteiger partial charge in [-0.2, -0.15) is 0 Å². The molecule has 4 nitrogen and oxygen atoms in total. The minimum atomic E-state index is -0.119. The molecule has 0 amide bonds. The molecule has 1 aliphatic rings. The van der Waals surface area contributed by atoms with Crippen LogP contribution in [-0.2, 0) is 11.8 Å². The van der Waals surface area contributed by atoms with E-state index in [1.807, 2.05) is 0 Å². The quantitative estimate of drug-likeness (QED) is 0.845. The van der Waals surface area contributed by atoms with Crippen molar-refractivity contribution in [1.82, 2.24) is 9.97 Å². The third-order valence-corrected chi connectivity index (χ3v) is 4.72. The van der Waals surface area contributed by atoms with Gasteiger partial charge < -0.3 is 5.73 Å². The lowest BCUT2D eigenvalue weighted by Gasteiger charge is -2.11. The molecule has 3 rings (SSSR count). The van der Waals surface area contributed by atoms with Gasteiger partial charge in [-0.1, -0.05) is 6.07 Å². The Morgan fingerprint density at radius 1 is 1.37 bits per heavy atom. The summed E-state index contributed by atoms with van der Waals surface area (Å²) in [5.74, 6) is 0.686. The van der Waals surface area contributed by atoms with Gasteiger partial charge in [-0.05, 0) is 24.3 Å². The van der Waals surface area contributed by atoms with Crippen molar-refractivity contribution in [1.29, 1.82) is 0 Å². The predicted octanol–water partition coefficient (Wildman–Crippen LogP) is 1.95. The molecule has 0 bridgehead atoms. The maximum absolute atomic E-state index is 11.4. The first-order valence-electron chi connectivity index (χ1n) is 6.32. The lowest BCUT2D eigenvalue weighted by Crippen LogP contribution is -2.16. The first-order chi connectivity index (χ1) is 9.23. The highest BCUT2D eigenvalue weighted by Crippen LogP contribution is 2.51. The monoisotopic (exact) mass is 273 g/mol. The van der Waals surface area contributed by atoms with Gasteiger partial charge in [0.1, 0.15) is 5.82 Å². The zero-order valence-corrected chi connectivity index (χ0v) is 11.3. The van der Waals surface area contributed by atoms with Crippen molar-refractivity contribution in [2.24, 2.45) is 5.73 Å². The Kier molecular flexibility index (Phi) is 3.16. The van der Waals surface area contributed by atoms with Crippen molar-refractivity contribution >= 4 is 17.1 Å². The fourth-order valence-electron chi connectivity index (χ4n) is 2.25. The number of ketones is 1. The van der Waals surface area contributed by atoms with Crippen LogP contribution in [0.1, 0.15) is 33.9 Å². The first kappa shape index (κ1) is 12.4. The highest BCUT2D eigenvalue weighted by atomic mass is 32.1. The number of carbonyl (C=O) groups excluding carboxylic acids is 1. The molecule has 0 aliphatic heterocycles. The molecular weight excluding hydrogens is 258 g/mol. The summed E-state index contributed by atoms with van der Waals surface area (Å²) in [6, 6.07) is 4.27. The third-order valence-electron chi connectivity index (χ3n) is 3.61. The summed E-state index contributed by atoms with van der Waals surface area (Å²) in [4.78, 5) is 21.4. The number of hydrogen-bond donors (Lipinski definition) is 1. The number of aromatic nitrogens is 2. The molecule has 1 saturated carbocycles. The number of thiophene rings is 1. The second kappa shape index (κ2) is 4.83. The third kappa shape index (κ3) is 2.43. The Morgan fingerprint density at radius 2 is 2.11 bits per heavy atom. The molecular formula is C14H15N3OS. The zero-order valence-electron chi connectivity index (χ0n) is 10.5. The van der Waals surface area contributed by atoms with Crippen LogP contribution in [0.2, 0.25) is 0 Å². The molecule has 2 aromatic heterocycles. The standard InChI is InChI=1S/C14H15N3OS/c15-7-11(18)10-8-16-13(17-9-10)6-14(3-4-14)12-2-1-5-19-12/h1-2,5,8-9H,3-4,6-7,15H2. The van der Waals surface area contributed by atoms with E-state index in [0.29, 0.717) is 5.56 Å². The number of hydrogen-bond acceptors (Lipinski definition) is 5. The van der Waals surface area contributed by atoms with Crippen LogP contribution in [0.4, 0.5) is 0 Å². The molecule has 19 heavy (non-hydrogen) atoms. The van der Waals surface area contributed by atoms with Gasteiger partial charge in [0.15, 0.2) is 5.78 Å². The lowest BCUT2D eigenvalue weighted by atomic mass is 10.00. The Morgan fingerprint density at radius 3 is 2.63 bits per heavy atom. The molecule has 0 atom stereocenters. The van der Waals surface area contributed by atoms with E-state index in [9.17, 15) is 4.79 Å². The largest absolute Gasteiger partial charge is 0.324 e. The van der Waals surface area contributed by atoms with Crippen LogP contribution >= 0.6 is 11.3 Å². The predicted molar refractivity (Wildman–Crippen MR) is 74.4 cm³/mol. The van der Waals surface area contributed by atoms with E-state index in [4.69, 9.17) is 5.73 Å². The normalized spacial score (nSPS) is 16.3. The molecule has 0 unspecified atom stereocenters. The molecule has 2 aromatic rings. The molecule has 0 radical (unpaired) electrons. The fourth-order valence-corrected chi connectivity index (χ4v) is 3.24. The number of nitrogens with zero attached hydrogens (tertiary/aromatic N) is 2. The summed E-state index contributed by atoms with van der Waals surface area (Å²) in [6.45, 7) is 0.00182. The molecule has 5 heteroatoms. The second-order valence-electron chi connectivity index (χ2n) is 4.95. The van der Waals surface area contributed by atoms with Crippen molar-refractivity contribution in [3.8, 4) is 0 Å². The van der Waals surface area contributed by atoms with Crippen LogP contribution in [0.15, 0.2) is 29.9 Å². The van der Waals surface area contributed by atoms with E-state index in [2.05, 4.69) is 27.5 Å². The van der Waals surface area contributed by atoms with E-state index in [-0.39, 0.29) is 17.7 Å². The summed E-state index contributed by atoms with van der Waals surface area (Å²) in [7, 11) is 0. The topological polar surface area (TPSA) is 68.9 Å². The van der Waals surface area contributed by atoms with Crippen LogP contribution in [-0.4, -0.2) is 22.3 Å². The summed E-state index contributed by atoms with van der Waals surface area (Å²) in [5, 5.41) is 2.11. The van der Waals surface area contributed by atoms with Gasteiger partial charge in [0, 0.05) is 29.1 Å². The number of Topliss-reactive ketones (excluding diaryl/α,β-unsaturated/α-hetero) is 1. The Bertz CT molecular complexity index is 573. The van der Waals surface area contributed by atoms with E-state index in [1.165, 1.54) is 17.7 Å². The van der Waals surface area contributed by atoms with Crippen LogP contribution < -0.4 is 5.73 Å². The molecule has 98 valence electrons. The first-order valence-corrected chi connectivity index (χ1v) is 7.20. The van der Waals surface area contributed by atoms with Gasteiger partial charge in [0.05, 0.1) is 12.1 Å². The van der Waals surface area contributed by atoms with E-state index in [0.717, 1.165) is 12.2 Å². The molecule has 0 saturated heterocycles. The molecule has 2 heterocycles. The average Bonchev–Trinajstić information content (AvgIpc) is 3.02. The van der Waals surface area contributed by atoms with Gasteiger partial charge >= 0.3 is 0 Å². The van der Waals surface area contributed by atoms with Crippen molar-refractivity contribution in [2.45, 2.75) is 24.7 Å². The summed E-state index contributed by atoms with van der Waals surface area (Å²) in [5.41, 5.74) is 6.05. The van der Waals surface area contributed by atoms with E-state index >= 15 is 0 Å². The van der Waals surface area contributed by atoms with Gasteiger partial charge in [-0.25, -0.2) is 9.97 Å². The number of carbonyl (C=O) groups is 1. The molecule has 0 aromatic carbocycles. The summed E-state index contributed by atoms with van der Waals surface area (Å²) >= 11 is 1.80. The molecule has 2 N–H and O–H groups in total. The minimum Gasteiger partial charge on any atom is -0.324 e. The van der Waals surface area contributed by atoms with Crippen molar-refractivity contribution in [2.75, 3.05) is 6.54 Å². The van der Waals surface area contributed by atoms with Crippen LogP contribution in [0.5, 0.6) is 0 Å². The van der Waals surface area contributed by atoms with Crippen molar-refractivity contribution in [3.05, 3.63) is 46.2 Å². The number of rotatable bonds is 5. The summed E-state index contributed by atoms with van der Waals surface area (Å²) in [6.07, 6.45) is 6.41. The van der Waals surface area contributed by atoms with Gasteiger partial charge in [-0.15, -0.1) is 11.3 Å². The second-order valence-corrected chi connectivity index (χ2v) is 5.90. The molecule has 1 aliphatic carbocycles. The average molecular weight is 273 g/mol. The van der Waals surface area contributed by atoms with Crippen LogP contribution in [0.25, 0.3) is 0 Å². The van der Waals surface area contributed by atoms with Gasteiger partial charge in [0.2, 0.25) is 0 Å². The van der Waals surface area contributed by atoms with Crippen molar-refractivity contribution in [3.63, 3.8) is 0 Å². The van der Waals surface area contributed by atoms with E-state index in [1.54, 1.807) is 23.7 Å². The van der Waals surface area contributed by atoms with Gasteiger partial charge in [-0.3, -0.25) is 4.79 Å². The van der Waals surface area contributed by atoms with Gasteiger partial charge in [0.25, 0.3) is 0 Å². The summed E-state index contributed by atoms with van der Waals surface area (Å²) < 4.78 is 0. The molecule has 0 spiro atoms. The minimum absolute atomic E-state index is 0.00182. The highest BCUT2D eigenvalue weighted by molar-refractivity contribution is 7.10. The molecule has 1 fully saturated rings. The lowest BCUT2D eigenvalue weighted by molar-refractivity contribution is 0.100. The smallest absolute Gasteiger partial charge is 0.179 e. The Labute approximate surface area is 115 Å². The highest BCUT2D eigenvalue weighted by Gasteiger charge is 2.45.